The molecule has 1 amide bonds. The van der Waals surface area contributed by atoms with Gasteiger partial charge in [0.05, 0.1) is 22.5 Å². The Morgan fingerprint density at radius 1 is 0.966 bits per heavy atom. The van der Waals surface area contributed by atoms with Gasteiger partial charge in [-0.3, -0.25) is 4.79 Å². The van der Waals surface area contributed by atoms with Crippen LogP contribution in [0.15, 0.2) is 66.7 Å². The van der Waals surface area contributed by atoms with E-state index in [9.17, 15) is 9.18 Å². The van der Waals surface area contributed by atoms with Crippen molar-refractivity contribution in [1.82, 2.24) is 4.98 Å². The predicted octanol–water partition coefficient (Wildman–Crippen LogP) is 6.91. The van der Waals surface area contributed by atoms with Gasteiger partial charge in [-0.25, -0.2) is 9.37 Å². The van der Waals surface area contributed by atoms with Crippen molar-refractivity contribution in [2.24, 2.45) is 0 Å². The fraction of sp³-hybridized carbons (Fsp3) is 0.0435. The lowest BCUT2D eigenvalue weighted by molar-refractivity contribution is 0.102. The SMILES string of the molecule is Cc1c(-c2ccc(Cl)cc2)nc2ccccc2c1C(=O)Nc1ccc(Cl)cc1F. The van der Waals surface area contributed by atoms with Crippen LogP contribution in [0.1, 0.15) is 15.9 Å². The highest BCUT2D eigenvalue weighted by molar-refractivity contribution is 6.31. The first-order valence-corrected chi connectivity index (χ1v) is 9.61. The molecule has 0 saturated carbocycles. The number of pyridine rings is 1. The first-order chi connectivity index (χ1) is 13.9. The Bertz CT molecular complexity index is 1240. The van der Waals surface area contributed by atoms with Crippen LogP contribution in [0.3, 0.4) is 0 Å². The van der Waals surface area contributed by atoms with Gasteiger partial charge in [-0.1, -0.05) is 53.5 Å². The normalized spacial score (nSPS) is 10.9. The lowest BCUT2D eigenvalue weighted by atomic mass is 9.97. The summed E-state index contributed by atoms with van der Waals surface area (Å²) in [7, 11) is 0. The second kappa shape index (κ2) is 7.82. The third-order valence-electron chi connectivity index (χ3n) is 4.66. The minimum Gasteiger partial charge on any atom is -0.319 e. The van der Waals surface area contributed by atoms with Crippen LogP contribution in [0, 0.1) is 12.7 Å². The van der Waals surface area contributed by atoms with E-state index in [2.05, 4.69) is 5.32 Å². The van der Waals surface area contributed by atoms with Gasteiger partial charge in [-0.15, -0.1) is 0 Å². The van der Waals surface area contributed by atoms with E-state index in [1.54, 1.807) is 12.1 Å². The molecule has 1 aromatic heterocycles. The van der Waals surface area contributed by atoms with Gasteiger partial charge in [0, 0.05) is 21.0 Å². The maximum absolute atomic E-state index is 14.2. The average molecular weight is 425 g/mol. The second-order valence-electron chi connectivity index (χ2n) is 6.56. The Balaban J connectivity index is 1.87. The zero-order valence-electron chi connectivity index (χ0n) is 15.3. The number of carbonyl (C=O) groups is 1. The molecular weight excluding hydrogens is 410 g/mol. The average Bonchev–Trinajstić information content (AvgIpc) is 2.70. The molecule has 29 heavy (non-hydrogen) atoms. The number of anilines is 1. The summed E-state index contributed by atoms with van der Waals surface area (Å²) in [6, 6.07) is 18.7. The van der Waals surface area contributed by atoms with Crippen molar-refractivity contribution in [1.29, 1.82) is 0 Å². The molecule has 0 unspecified atom stereocenters. The fourth-order valence-electron chi connectivity index (χ4n) is 3.26. The third-order valence-corrected chi connectivity index (χ3v) is 5.15. The summed E-state index contributed by atoms with van der Waals surface area (Å²) >= 11 is 11.8. The highest BCUT2D eigenvalue weighted by Crippen LogP contribution is 2.31. The number of aromatic nitrogens is 1. The molecule has 0 aliphatic heterocycles. The summed E-state index contributed by atoms with van der Waals surface area (Å²) in [4.78, 5) is 17.9. The first-order valence-electron chi connectivity index (χ1n) is 8.86. The molecule has 3 aromatic carbocycles. The first kappa shape index (κ1) is 19.4. The van der Waals surface area contributed by atoms with E-state index in [0.717, 1.165) is 11.6 Å². The predicted molar refractivity (Wildman–Crippen MR) is 116 cm³/mol. The molecular formula is C23H15Cl2FN2O. The van der Waals surface area contributed by atoms with Crippen LogP contribution in [0.5, 0.6) is 0 Å². The Kier molecular flexibility index (Phi) is 5.22. The number of para-hydroxylation sites is 1. The van der Waals surface area contributed by atoms with Crippen molar-refractivity contribution in [3.05, 3.63) is 93.7 Å². The van der Waals surface area contributed by atoms with Gasteiger partial charge in [0.1, 0.15) is 5.82 Å². The molecule has 0 radical (unpaired) electrons. The molecule has 0 spiro atoms. The second-order valence-corrected chi connectivity index (χ2v) is 7.44. The summed E-state index contributed by atoms with van der Waals surface area (Å²) in [5.41, 5.74) is 3.37. The van der Waals surface area contributed by atoms with Crippen LogP contribution in [-0.4, -0.2) is 10.9 Å². The number of nitrogens with zero attached hydrogens (tertiary/aromatic N) is 1. The highest BCUT2D eigenvalue weighted by atomic mass is 35.5. The number of hydrogen-bond acceptors (Lipinski definition) is 2. The standard InChI is InChI=1S/C23H15Cl2FN2O/c1-13-21(23(29)28-20-11-10-16(25)12-18(20)26)17-4-2-3-5-19(17)27-22(13)14-6-8-15(24)9-7-14/h2-12H,1H3,(H,28,29). The van der Waals surface area contributed by atoms with E-state index in [1.807, 2.05) is 43.3 Å². The van der Waals surface area contributed by atoms with E-state index in [1.165, 1.54) is 12.1 Å². The molecule has 0 fully saturated rings. The van der Waals surface area contributed by atoms with Gasteiger partial charge in [-0.05, 0) is 48.9 Å². The smallest absolute Gasteiger partial charge is 0.256 e. The van der Waals surface area contributed by atoms with Crippen LogP contribution in [-0.2, 0) is 0 Å². The summed E-state index contributed by atoms with van der Waals surface area (Å²) in [6.07, 6.45) is 0. The largest absolute Gasteiger partial charge is 0.319 e. The molecule has 0 aliphatic carbocycles. The molecule has 1 N–H and O–H groups in total. The monoisotopic (exact) mass is 424 g/mol. The number of rotatable bonds is 3. The number of amides is 1. The Labute approximate surface area is 177 Å². The summed E-state index contributed by atoms with van der Waals surface area (Å²) in [5.74, 6) is -1.02. The molecule has 144 valence electrons. The van der Waals surface area contributed by atoms with E-state index in [4.69, 9.17) is 28.2 Å². The number of benzene rings is 3. The van der Waals surface area contributed by atoms with Crippen LogP contribution < -0.4 is 5.32 Å². The van der Waals surface area contributed by atoms with Crippen molar-refractivity contribution in [2.75, 3.05) is 5.32 Å². The Morgan fingerprint density at radius 3 is 2.38 bits per heavy atom. The zero-order valence-corrected chi connectivity index (χ0v) is 16.9. The highest BCUT2D eigenvalue weighted by Gasteiger charge is 2.20. The van der Waals surface area contributed by atoms with Crippen LogP contribution in [0.25, 0.3) is 22.2 Å². The van der Waals surface area contributed by atoms with Crippen molar-refractivity contribution >= 4 is 45.7 Å². The quantitative estimate of drug-likeness (QED) is 0.388. The lowest BCUT2D eigenvalue weighted by Crippen LogP contribution is -2.16. The van der Waals surface area contributed by atoms with E-state index < -0.39 is 11.7 Å². The molecule has 0 bridgehead atoms. The molecule has 6 heteroatoms. The summed E-state index contributed by atoms with van der Waals surface area (Å²) in [6.45, 7) is 1.83. The summed E-state index contributed by atoms with van der Waals surface area (Å²) < 4.78 is 14.2. The van der Waals surface area contributed by atoms with Gasteiger partial charge in [0.2, 0.25) is 0 Å². The topological polar surface area (TPSA) is 42.0 Å². The van der Waals surface area contributed by atoms with Gasteiger partial charge in [-0.2, -0.15) is 0 Å². The lowest BCUT2D eigenvalue weighted by Gasteiger charge is -2.15. The maximum Gasteiger partial charge on any atom is 0.256 e. The van der Waals surface area contributed by atoms with Crippen molar-refractivity contribution in [3.8, 4) is 11.3 Å². The number of nitrogens with one attached hydrogen (secondary N) is 1. The fourth-order valence-corrected chi connectivity index (χ4v) is 3.55. The maximum atomic E-state index is 14.2. The van der Waals surface area contributed by atoms with Crippen molar-refractivity contribution < 1.29 is 9.18 Å². The van der Waals surface area contributed by atoms with Crippen molar-refractivity contribution in [2.45, 2.75) is 6.92 Å². The minimum atomic E-state index is -0.597. The minimum absolute atomic E-state index is 0.0627. The molecule has 4 aromatic rings. The Hall–Kier alpha value is -2.95. The molecule has 4 rings (SSSR count). The third kappa shape index (κ3) is 3.82. The molecule has 0 aliphatic rings. The van der Waals surface area contributed by atoms with Crippen LogP contribution in [0.4, 0.5) is 10.1 Å². The molecule has 3 nitrogen and oxygen atoms in total. The Morgan fingerprint density at radius 2 is 1.66 bits per heavy atom. The van der Waals surface area contributed by atoms with Gasteiger partial charge >= 0.3 is 0 Å². The summed E-state index contributed by atoms with van der Waals surface area (Å²) in [5, 5.41) is 4.22. The van der Waals surface area contributed by atoms with Gasteiger partial charge in [0.15, 0.2) is 0 Å². The number of hydrogen-bond donors (Lipinski definition) is 1. The van der Waals surface area contributed by atoms with E-state index >= 15 is 0 Å². The molecule has 1 heterocycles. The number of halogens is 3. The molecule has 0 atom stereocenters. The van der Waals surface area contributed by atoms with E-state index in [-0.39, 0.29) is 10.7 Å². The molecule has 0 saturated heterocycles. The number of carbonyl (C=O) groups excluding carboxylic acids is 1. The van der Waals surface area contributed by atoms with Gasteiger partial charge < -0.3 is 5.32 Å². The van der Waals surface area contributed by atoms with Crippen molar-refractivity contribution in [3.63, 3.8) is 0 Å². The zero-order chi connectivity index (χ0) is 20.5. The van der Waals surface area contributed by atoms with Crippen LogP contribution >= 0.6 is 23.2 Å². The van der Waals surface area contributed by atoms with Crippen LogP contribution in [0.2, 0.25) is 10.0 Å². The van der Waals surface area contributed by atoms with E-state index in [0.29, 0.717) is 32.7 Å². The van der Waals surface area contributed by atoms with Gasteiger partial charge in [0.25, 0.3) is 5.91 Å². The number of fused-ring (bicyclic) bond motifs is 1.